The number of carbonyl (C=O) groups excluding carboxylic acids is 1. The molecular formula is C28H38N2O4. The first kappa shape index (κ1) is 25.6. The van der Waals surface area contributed by atoms with Crippen molar-refractivity contribution in [2.75, 3.05) is 31.1 Å². The molecule has 3 N–H and O–H groups in total. The van der Waals surface area contributed by atoms with Crippen LogP contribution in [-0.4, -0.2) is 58.2 Å². The monoisotopic (exact) mass is 466 g/mol. The predicted molar refractivity (Wildman–Crippen MR) is 138 cm³/mol. The number of hydrogen-bond donors (Lipinski definition) is 3. The second-order valence-electron chi connectivity index (χ2n) is 8.86. The van der Waals surface area contributed by atoms with E-state index in [1.807, 2.05) is 12.1 Å². The van der Waals surface area contributed by atoms with Gasteiger partial charge in [-0.05, 0) is 49.7 Å². The number of aliphatic hydroxyl groups is 2. The van der Waals surface area contributed by atoms with E-state index in [9.17, 15) is 20.1 Å². The number of carbonyl (C=O) groups is 1. The van der Waals surface area contributed by atoms with Gasteiger partial charge in [-0.2, -0.15) is 0 Å². The van der Waals surface area contributed by atoms with Crippen LogP contribution in [0.3, 0.4) is 0 Å². The molecule has 2 aliphatic rings. The highest BCUT2D eigenvalue weighted by atomic mass is 16.3. The van der Waals surface area contributed by atoms with Crippen molar-refractivity contribution in [3.05, 3.63) is 64.7 Å². The first-order valence-corrected chi connectivity index (χ1v) is 12.5. The number of unbranched alkanes of at least 4 members (excludes halogenated alkanes) is 2. The number of phenolic OH excluding ortho intramolecular Hbond substituents is 1. The number of hydrogen-bond acceptors (Lipinski definition) is 6. The van der Waals surface area contributed by atoms with E-state index in [0.29, 0.717) is 11.1 Å². The summed E-state index contributed by atoms with van der Waals surface area (Å²) >= 11 is 0. The molecule has 0 spiro atoms. The third-order valence-electron chi connectivity index (χ3n) is 6.66. The van der Waals surface area contributed by atoms with E-state index in [-0.39, 0.29) is 40.2 Å². The second kappa shape index (κ2) is 11.4. The lowest BCUT2D eigenvalue weighted by atomic mass is 9.79. The lowest BCUT2D eigenvalue weighted by molar-refractivity contribution is -0.111. The van der Waals surface area contributed by atoms with E-state index in [4.69, 9.17) is 0 Å². The molecule has 184 valence electrons. The highest BCUT2D eigenvalue weighted by molar-refractivity contribution is 6.39. The van der Waals surface area contributed by atoms with Crippen LogP contribution in [0.25, 0.3) is 5.57 Å². The summed E-state index contributed by atoms with van der Waals surface area (Å²) in [5.74, 6) is -0.387. The number of phenols is 1. The SMILES string of the molecule is CCCCN(CCCC)c1ccc(C2=C(O)/C(=C3\C=CC(N(CC)CC)C=C3O)C2=O)cc1O. The van der Waals surface area contributed by atoms with Gasteiger partial charge >= 0.3 is 0 Å². The molecule has 1 unspecified atom stereocenters. The molecular weight excluding hydrogens is 428 g/mol. The number of aliphatic hydroxyl groups excluding tert-OH is 2. The van der Waals surface area contributed by atoms with E-state index >= 15 is 0 Å². The van der Waals surface area contributed by atoms with Gasteiger partial charge < -0.3 is 20.2 Å². The molecule has 0 aromatic heterocycles. The summed E-state index contributed by atoms with van der Waals surface area (Å²) in [6.07, 6.45) is 9.54. The average Bonchev–Trinajstić information content (AvgIpc) is 2.82. The first-order chi connectivity index (χ1) is 16.4. The highest BCUT2D eigenvalue weighted by Gasteiger charge is 2.38. The van der Waals surface area contributed by atoms with E-state index in [1.165, 1.54) is 0 Å². The molecule has 1 aromatic rings. The number of likely N-dealkylation sites (N-methyl/N-ethyl adjacent to an activating group) is 1. The fourth-order valence-electron chi connectivity index (χ4n) is 4.59. The molecule has 2 aliphatic carbocycles. The maximum atomic E-state index is 13.0. The molecule has 0 radical (unpaired) electrons. The molecule has 0 saturated heterocycles. The van der Waals surface area contributed by atoms with Gasteiger partial charge in [-0.25, -0.2) is 0 Å². The van der Waals surface area contributed by atoms with Gasteiger partial charge in [-0.3, -0.25) is 9.69 Å². The summed E-state index contributed by atoms with van der Waals surface area (Å²) in [6.45, 7) is 11.8. The Morgan fingerprint density at radius 1 is 0.912 bits per heavy atom. The normalized spacial score (nSPS) is 20.1. The Morgan fingerprint density at radius 3 is 2.06 bits per heavy atom. The van der Waals surface area contributed by atoms with Crippen LogP contribution in [0.4, 0.5) is 5.69 Å². The van der Waals surface area contributed by atoms with Crippen molar-refractivity contribution in [3.8, 4) is 5.75 Å². The van der Waals surface area contributed by atoms with E-state index in [2.05, 4.69) is 37.5 Å². The lowest BCUT2D eigenvalue weighted by Gasteiger charge is -2.29. The van der Waals surface area contributed by atoms with Crippen LogP contribution in [-0.2, 0) is 4.79 Å². The van der Waals surface area contributed by atoms with Crippen LogP contribution in [0.5, 0.6) is 5.75 Å². The van der Waals surface area contributed by atoms with Gasteiger partial charge in [0.25, 0.3) is 0 Å². The molecule has 34 heavy (non-hydrogen) atoms. The summed E-state index contributed by atoms with van der Waals surface area (Å²) in [5.41, 5.74) is 1.85. The van der Waals surface area contributed by atoms with Gasteiger partial charge in [-0.1, -0.05) is 58.8 Å². The summed E-state index contributed by atoms with van der Waals surface area (Å²) < 4.78 is 0. The van der Waals surface area contributed by atoms with Gasteiger partial charge in [0.1, 0.15) is 17.3 Å². The first-order valence-electron chi connectivity index (χ1n) is 12.5. The Bertz CT molecular complexity index is 1020. The molecule has 1 aromatic carbocycles. The van der Waals surface area contributed by atoms with Gasteiger partial charge in [0.2, 0.25) is 5.78 Å². The molecule has 0 heterocycles. The largest absolute Gasteiger partial charge is 0.508 e. The number of nitrogens with zero attached hydrogens (tertiary/aromatic N) is 2. The van der Waals surface area contributed by atoms with E-state index in [0.717, 1.165) is 57.5 Å². The second-order valence-corrected chi connectivity index (χ2v) is 8.86. The van der Waals surface area contributed by atoms with Gasteiger partial charge in [0.05, 0.1) is 22.9 Å². The van der Waals surface area contributed by atoms with Crippen molar-refractivity contribution < 1.29 is 20.1 Å². The zero-order chi connectivity index (χ0) is 24.8. The Balaban J connectivity index is 1.88. The summed E-state index contributed by atoms with van der Waals surface area (Å²) in [4.78, 5) is 17.4. The fraction of sp³-hybridized carbons (Fsp3) is 0.464. The summed E-state index contributed by atoms with van der Waals surface area (Å²) in [6, 6.07) is 5.09. The van der Waals surface area contributed by atoms with Gasteiger partial charge in [0.15, 0.2) is 0 Å². The van der Waals surface area contributed by atoms with Crippen LogP contribution in [0.1, 0.15) is 58.9 Å². The minimum atomic E-state index is -0.334. The number of aromatic hydroxyl groups is 1. The smallest absolute Gasteiger partial charge is 0.201 e. The van der Waals surface area contributed by atoms with Crippen molar-refractivity contribution in [2.24, 2.45) is 0 Å². The lowest BCUT2D eigenvalue weighted by Crippen LogP contribution is -2.34. The fourth-order valence-corrected chi connectivity index (χ4v) is 4.59. The molecule has 0 amide bonds. The molecule has 6 heteroatoms. The third kappa shape index (κ3) is 5.07. The molecule has 0 bridgehead atoms. The van der Waals surface area contributed by atoms with Crippen LogP contribution >= 0.6 is 0 Å². The van der Waals surface area contributed by atoms with Crippen molar-refractivity contribution in [3.63, 3.8) is 0 Å². The van der Waals surface area contributed by atoms with E-state index < -0.39 is 0 Å². The number of Topliss-reactive ketones (excluding diaryl/α,β-unsaturated/α-hetero) is 1. The molecule has 6 nitrogen and oxygen atoms in total. The Kier molecular flexibility index (Phi) is 8.61. The van der Waals surface area contributed by atoms with Crippen molar-refractivity contribution in [1.82, 2.24) is 4.90 Å². The number of ketones is 1. The number of rotatable bonds is 11. The maximum Gasteiger partial charge on any atom is 0.201 e. The Morgan fingerprint density at radius 2 is 1.56 bits per heavy atom. The zero-order valence-corrected chi connectivity index (χ0v) is 20.8. The molecule has 0 saturated carbocycles. The average molecular weight is 467 g/mol. The van der Waals surface area contributed by atoms with Crippen LogP contribution in [0.2, 0.25) is 0 Å². The van der Waals surface area contributed by atoms with Crippen molar-refractivity contribution >= 4 is 17.0 Å². The minimum Gasteiger partial charge on any atom is -0.508 e. The van der Waals surface area contributed by atoms with Crippen LogP contribution < -0.4 is 4.90 Å². The quantitative estimate of drug-likeness (QED) is 0.365. The number of allylic oxidation sites excluding steroid dienone is 3. The molecule has 3 rings (SSSR count). The van der Waals surface area contributed by atoms with E-state index in [1.54, 1.807) is 24.3 Å². The molecule has 0 fully saturated rings. The summed E-state index contributed by atoms with van der Waals surface area (Å²) in [5, 5.41) is 32.1. The standard InChI is InChI=1S/C28H38N2O4/c1-5-9-15-30(16-10-6-2)22-14-11-19(17-24(22)32)25-27(33)26(28(25)34)21-13-12-20(18-23(21)31)29(7-3)8-4/h11-14,17-18,20,31-33H,5-10,15-16H2,1-4H3/b26-21-. The highest BCUT2D eigenvalue weighted by Crippen LogP contribution is 2.42. The Hall–Kier alpha value is -2.99. The topological polar surface area (TPSA) is 84.2 Å². The number of anilines is 1. The van der Waals surface area contributed by atoms with Crippen molar-refractivity contribution in [1.29, 1.82) is 0 Å². The van der Waals surface area contributed by atoms with Crippen LogP contribution in [0.15, 0.2) is 59.1 Å². The molecule has 1 atom stereocenters. The maximum absolute atomic E-state index is 13.0. The van der Waals surface area contributed by atoms with Gasteiger partial charge in [-0.15, -0.1) is 0 Å². The number of benzene rings is 1. The minimum absolute atomic E-state index is 0.00552. The Labute approximate surface area is 203 Å². The van der Waals surface area contributed by atoms with Crippen LogP contribution in [0, 0.1) is 0 Å². The predicted octanol–water partition coefficient (Wildman–Crippen LogP) is 5.67. The van der Waals surface area contributed by atoms with Crippen molar-refractivity contribution in [2.45, 2.75) is 59.4 Å². The zero-order valence-electron chi connectivity index (χ0n) is 20.8. The molecule has 0 aliphatic heterocycles. The summed E-state index contributed by atoms with van der Waals surface area (Å²) in [7, 11) is 0. The van der Waals surface area contributed by atoms with Gasteiger partial charge in [0, 0.05) is 18.7 Å². The third-order valence-corrected chi connectivity index (χ3v) is 6.66.